The monoisotopic (exact) mass is 298 g/mol. The van der Waals surface area contributed by atoms with Crippen molar-refractivity contribution in [2.24, 2.45) is 11.8 Å². The second-order valence-corrected chi connectivity index (χ2v) is 6.42. The minimum Gasteiger partial charge on any atom is -0.453 e. The molecule has 1 aliphatic heterocycles. The molecule has 6 heteroatoms. The summed E-state index contributed by atoms with van der Waals surface area (Å²) < 4.78 is 10.1. The minimum atomic E-state index is -0.567. The number of likely N-dealkylation sites (tertiary alicyclic amines) is 1. The molecule has 1 heterocycles. The largest absolute Gasteiger partial charge is 0.453 e. The second kappa shape index (κ2) is 6.22. The lowest BCUT2D eigenvalue weighted by atomic mass is 9.96. The maximum Gasteiger partial charge on any atom is 0.407 e. The van der Waals surface area contributed by atoms with Gasteiger partial charge in [0.15, 0.2) is 0 Å². The van der Waals surface area contributed by atoms with Crippen LogP contribution in [0.1, 0.15) is 33.6 Å². The Hall–Kier alpha value is -1.30. The molecule has 120 valence electrons. The number of nitrogens with one attached hydrogen (secondary N) is 1. The number of amides is 2. The summed E-state index contributed by atoms with van der Waals surface area (Å²) in [5.74, 6) is 0.468. The van der Waals surface area contributed by atoms with Gasteiger partial charge in [0.25, 0.3) is 0 Å². The van der Waals surface area contributed by atoms with Crippen LogP contribution in [0.4, 0.5) is 4.79 Å². The van der Waals surface area contributed by atoms with Gasteiger partial charge in [-0.3, -0.25) is 4.79 Å². The highest BCUT2D eigenvalue weighted by atomic mass is 16.5. The molecule has 0 aromatic heterocycles. The highest BCUT2D eigenvalue weighted by Crippen LogP contribution is 2.44. The number of carbonyl (C=O) groups excluding carboxylic acids is 2. The van der Waals surface area contributed by atoms with Gasteiger partial charge in [0.2, 0.25) is 5.91 Å². The van der Waals surface area contributed by atoms with Crippen LogP contribution in [0.3, 0.4) is 0 Å². The first-order valence-corrected chi connectivity index (χ1v) is 7.60. The molecule has 0 aromatic carbocycles. The standard InChI is InChI=1S/C15H26N2O4/c1-8(2)13(16-15(19)21-5)14(18)17-9(3)10-6-11(17)12(7-10)20-4/h8-13H,6-7H2,1-5H3,(H,16,19)/t9-,10-,11+,12+,13+/m1/s1. The smallest absolute Gasteiger partial charge is 0.407 e. The van der Waals surface area contributed by atoms with E-state index in [1.165, 1.54) is 7.11 Å². The zero-order valence-electron chi connectivity index (χ0n) is 13.5. The molecule has 2 amide bonds. The van der Waals surface area contributed by atoms with Crippen molar-refractivity contribution >= 4 is 12.0 Å². The Morgan fingerprint density at radius 2 is 1.90 bits per heavy atom. The Labute approximate surface area is 126 Å². The predicted molar refractivity (Wildman–Crippen MR) is 77.8 cm³/mol. The Morgan fingerprint density at radius 3 is 2.38 bits per heavy atom. The van der Waals surface area contributed by atoms with Gasteiger partial charge >= 0.3 is 6.09 Å². The van der Waals surface area contributed by atoms with Crippen LogP contribution in [-0.2, 0) is 14.3 Å². The maximum atomic E-state index is 12.9. The number of methoxy groups -OCH3 is 2. The van der Waals surface area contributed by atoms with Crippen LogP contribution in [0.15, 0.2) is 0 Å². The van der Waals surface area contributed by atoms with Crippen molar-refractivity contribution in [3.8, 4) is 0 Å². The van der Waals surface area contributed by atoms with E-state index in [0.29, 0.717) is 5.92 Å². The van der Waals surface area contributed by atoms with Gasteiger partial charge in [-0.2, -0.15) is 0 Å². The van der Waals surface area contributed by atoms with Crippen LogP contribution in [0.25, 0.3) is 0 Å². The van der Waals surface area contributed by atoms with Crippen LogP contribution in [0, 0.1) is 11.8 Å². The molecule has 1 saturated carbocycles. The van der Waals surface area contributed by atoms with Crippen LogP contribution >= 0.6 is 0 Å². The summed E-state index contributed by atoms with van der Waals surface area (Å²) in [4.78, 5) is 26.3. The van der Waals surface area contributed by atoms with Gasteiger partial charge in [0.1, 0.15) is 6.04 Å². The van der Waals surface area contributed by atoms with E-state index in [4.69, 9.17) is 4.74 Å². The van der Waals surface area contributed by atoms with Gasteiger partial charge in [-0.25, -0.2) is 4.79 Å². The number of rotatable bonds is 4. The van der Waals surface area contributed by atoms with E-state index in [-0.39, 0.29) is 30.0 Å². The van der Waals surface area contributed by atoms with E-state index < -0.39 is 12.1 Å². The Bertz CT molecular complexity index is 412. The van der Waals surface area contributed by atoms with Crippen molar-refractivity contribution in [3.05, 3.63) is 0 Å². The predicted octanol–water partition coefficient (Wildman–Crippen LogP) is 1.39. The Balaban J connectivity index is 2.14. The van der Waals surface area contributed by atoms with Crippen molar-refractivity contribution in [2.75, 3.05) is 14.2 Å². The molecule has 1 saturated heterocycles. The topological polar surface area (TPSA) is 67.9 Å². The van der Waals surface area contributed by atoms with Crippen molar-refractivity contribution in [3.63, 3.8) is 0 Å². The summed E-state index contributed by atoms with van der Waals surface area (Å²) >= 11 is 0. The first kappa shape index (κ1) is 16.1. The molecular weight excluding hydrogens is 272 g/mol. The van der Waals surface area contributed by atoms with Crippen LogP contribution < -0.4 is 5.32 Å². The zero-order chi connectivity index (χ0) is 15.7. The second-order valence-electron chi connectivity index (χ2n) is 6.42. The summed E-state index contributed by atoms with van der Waals surface area (Å²) in [6.45, 7) is 5.93. The van der Waals surface area contributed by atoms with Gasteiger partial charge in [-0.05, 0) is 31.6 Å². The number of nitrogens with zero attached hydrogens (tertiary/aromatic N) is 1. The maximum absolute atomic E-state index is 12.9. The molecule has 2 aliphatic rings. The van der Waals surface area contributed by atoms with Crippen LogP contribution in [0.5, 0.6) is 0 Å². The Kier molecular flexibility index (Phi) is 4.76. The molecule has 21 heavy (non-hydrogen) atoms. The van der Waals surface area contributed by atoms with Gasteiger partial charge in [0.05, 0.1) is 19.3 Å². The normalized spacial score (nSPS) is 32.4. The van der Waals surface area contributed by atoms with E-state index in [0.717, 1.165) is 12.8 Å². The fourth-order valence-electron chi connectivity index (χ4n) is 3.71. The number of alkyl carbamates (subject to hydrolysis) is 1. The SMILES string of the molecule is COC(=O)N[C@H](C(=O)N1[C@H](C)[C@H]2C[C@H](OC)[C@@H]1C2)C(C)C. The molecule has 2 bridgehead atoms. The molecule has 2 fully saturated rings. The summed E-state index contributed by atoms with van der Waals surface area (Å²) in [5.41, 5.74) is 0. The summed E-state index contributed by atoms with van der Waals surface area (Å²) in [6, 6.07) is -0.227. The third-order valence-electron chi connectivity index (χ3n) is 4.94. The third kappa shape index (κ3) is 2.86. The van der Waals surface area contributed by atoms with Crippen LogP contribution in [0.2, 0.25) is 0 Å². The number of carbonyl (C=O) groups is 2. The average Bonchev–Trinajstić information content (AvgIpc) is 3.00. The fraction of sp³-hybridized carbons (Fsp3) is 0.867. The van der Waals surface area contributed by atoms with Crippen molar-refractivity contribution in [2.45, 2.75) is 57.8 Å². The summed E-state index contributed by atoms with van der Waals surface area (Å²) in [5, 5.41) is 2.66. The lowest BCUT2D eigenvalue weighted by Crippen LogP contribution is -2.58. The van der Waals surface area contributed by atoms with Crippen molar-refractivity contribution in [1.82, 2.24) is 10.2 Å². The lowest BCUT2D eigenvalue weighted by Gasteiger charge is -2.39. The molecular formula is C15H26N2O4. The average molecular weight is 298 g/mol. The molecule has 0 spiro atoms. The van der Waals surface area contributed by atoms with Crippen molar-refractivity contribution < 1.29 is 19.1 Å². The molecule has 0 radical (unpaired) electrons. The highest BCUT2D eigenvalue weighted by molar-refractivity contribution is 5.86. The molecule has 2 rings (SSSR count). The Morgan fingerprint density at radius 1 is 1.24 bits per heavy atom. The molecule has 1 aliphatic carbocycles. The number of hydrogen-bond donors (Lipinski definition) is 1. The van der Waals surface area contributed by atoms with E-state index in [1.54, 1.807) is 7.11 Å². The quantitative estimate of drug-likeness (QED) is 0.851. The van der Waals surface area contributed by atoms with Crippen LogP contribution in [-0.4, -0.2) is 55.3 Å². The number of ether oxygens (including phenoxy) is 2. The third-order valence-corrected chi connectivity index (χ3v) is 4.94. The summed E-state index contributed by atoms with van der Waals surface area (Å²) in [7, 11) is 3.00. The molecule has 5 atom stereocenters. The minimum absolute atomic E-state index is 0.00363. The molecule has 6 nitrogen and oxygen atoms in total. The fourth-order valence-corrected chi connectivity index (χ4v) is 3.71. The van der Waals surface area contributed by atoms with Gasteiger partial charge in [-0.15, -0.1) is 0 Å². The van der Waals surface area contributed by atoms with E-state index in [2.05, 4.69) is 17.0 Å². The number of hydrogen-bond acceptors (Lipinski definition) is 4. The van der Waals surface area contributed by atoms with Crippen molar-refractivity contribution in [1.29, 1.82) is 0 Å². The first-order chi connectivity index (χ1) is 9.90. The highest BCUT2D eigenvalue weighted by Gasteiger charge is 2.52. The zero-order valence-corrected chi connectivity index (χ0v) is 13.5. The lowest BCUT2D eigenvalue weighted by molar-refractivity contribution is -0.142. The summed E-state index contributed by atoms with van der Waals surface area (Å²) in [6.07, 6.45) is 1.56. The van der Waals surface area contributed by atoms with Gasteiger partial charge in [0, 0.05) is 13.2 Å². The van der Waals surface area contributed by atoms with E-state index in [1.807, 2.05) is 18.7 Å². The van der Waals surface area contributed by atoms with Gasteiger partial charge < -0.3 is 19.7 Å². The number of fused-ring (bicyclic) bond motifs is 2. The molecule has 1 N–H and O–H groups in total. The van der Waals surface area contributed by atoms with Gasteiger partial charge in [-0.1, -0.05) is 13.8 Å². The molecule has 0 unspecified atom stereocenters. The van der Waals surface area contributed by atoms with E-state index in [9.17, 15) is 9.59 Å². The molecule has 0 aromatic rings. The van der Waals surface area contributed by atoms with E-state index >= 15 is 0 Å². The number of piperidine rings is 1. The first-order valence-electron chi connectivity index (χ1n) is 7.60.